The number of hydrogen-bond acceptors (Lipinski definition) is 5. The largest absolute Gasteiger partial charge is 0.496 e. The quantitative estimate of drug-likeness (QED) is 0.334. The number of fused-ring (bicyclic) bond motifs is 1. The summed E-state index contributed by atoms with van der Waals surface area (Å²) in [6, 6.07) is 15.2. The molecule has 1 heterocycles. The Hall–Kier alpha value is -3.58. The van der Waals surface area contributed by atoms with Gasteiger partial charge < -0.3 is 19.5 Å². The highest BCUT2D eigenvalue weighted by molar-refractivity contribution is 9.10. The van der Waals surface area contributed by atoms with Gasteiger partial charge >= 0.3 is 0 Å². The number of aryl methyl sites for hydroxylation is 1. The molecule has 33 heavy (non-hydrogen) atoms. The highest BCUT2D eigenvalue weighted by atomic mass is 79.9. The number of aromatic nitrogens is 1. The summed E-state index contributed by atoms with van der Waals surface area (Å²) in [5, 5.41) is 4.76. The molecule has 6 nitrogen and oxygen atoms in total. The number of benzene rings is 3. The summed E-state index contributed by atoms with van der Waals surface area (Å²) in [7, 11) is 4.75. The van der Waals surface area contributed by atoms with Gasteiger partial charge in [0, 0.05) is 39.1 Å². The average molecular weight is 507 g/mol. The third kappa shape index (κ3) is 4.12. The topological polar surface area (TPSA) is 69.7 Å². The van der Waals surface area contributed by atoms with E-state index >= 15 is 0 Å². The zero-order chi connectivity index (χ0) is 23.5. The normalized spacial score (nSPS) is 10.7. The highest BCUT2D eigenvalue weighted by Gasteiger charge is 2.22. The molecule has 0 atom stereocenters. The van der Waals surface area contributed by atoms with Crippen molar-refractivity contribution >= 4 is 38.3 Å². The van der Waals surface area contributed by atoms with Gasteiger partial charge in [-0.25, -0.2) is 0 Å². The molecule has 4 aromatic rings. The predicted molar refractivity (Wildman–Crippen MR) is 134 cm³/mol. The van der Waals surface area contributed by atoms with Crippen molar-refractivity contribution in [2.24, 2.45) is 0 Å². The lowest BCUT2D eigenvalue weighted by molar-refractivity contribution is 0.102. The summed E-state index contributed by atoms with van der Waals surface area (Å²) in [6.07, 6.45) is 3.49. The van der Waals surface area contributed by atoms with Crippen molar-refractivity contribution in [3.05, 3.63) is 76.5 Å². The van der Waals surface area contributed by atoms with Gasteiger partial charge in [-0.3, -0.25) is 9.78 Å². The van der Waals surface area contributed by atoms with Crippen LogP contribution in [0.4, 0.5) is 5.69 Å². The number of amides is 1. The maximum Gasteiger partial charge on any atom is 0.260 e. The first-order chi connectivity index (χ1) is 16.0. The van der Waals surface area contributed by atoms with E-state index in [4.69, 9.17) is 14.2 Å². The molecule has 0 bridgehead atoms. The van der Waals surface area contributed by atoms with Gasteiger partial charge in [-0.15, -0.1) is 0 Å². The summed E-state index contributed by atoms with van der Waals surface area (Å²) in [4.78, 5) is 17.6. The van der Waals surface area contributed by atoms with Gasteiger partial charge in [0.1, 0.15) is 5.75 Å². The molecule has 0 saturated heterocycles. The summed E-state index contributed by atoms with van der Waals surface area (Å²) >= 11 is 3.49. The van der Waals surface area contributed by atoms with Crippen molar-refractivity contribution < 1.29 is 19.0 Å². The van der Waals surface area contributed by atoms with Crippen molar-refractivity contribution in [2.75, 3.05) is 26.6 Å². The van der Waals surface area contributed by atoms with Crippen LogP contribution < -0.4 is 19.5 Å². The van der Waals surface area contributed by atoms with Gasteiger partial charge in [-0.05, 0) is 58.1 Å². The zero-order valence-corrected chi connectivity index (χ0v) is 20.3. The van der Waals surface area contributed by atoms with Crippen LogP contribution in [-0.2, 0) is 0 Å². The molecular weight excluding hydrogens is 484 g/mol. The van der Waals surface area contributed by atoms with Gasteiger partial charge in [0.25, 0.3) is 5.91 Å². The van der Waals surface area contributed by atoms with Gasteiger partial charge in [-0.1, -0.05) is 24.3 Å². The van der Waals surface area contributed by atoms with Gasteiger partial charge in [0.15, 0.2) is 11.5 Å². The molecular formula is C26H23BrN2O4. The Morgan fingerprint density at radius 2 is 1.73 bits per heavy atom. The molecule has 7 heteroatoms. The van der Waals surface area contributed by atoms with Gasteiger partial charge in [0.2, 0.25) is 0 Å². The molecule has 4 rings (SSSR count). The fraction of sp³-hybridized carbons (Fsp3) is 0.154. The number of anilines is 1. The van der Waals surface area contributed by atoms with E-state index in [0.717, 1.165) is 27.5 Å². The van der Waals surface area contributed by atoms with E-state index in [1.807, 2.05) is 55.5 Å². The van der Waals surface area contributed by atoms with Crippen molar-refractivity contribution in [3.63, 3.8) is 0 Å². The van der Waals surface area contributed by atoms with E-state index in [-0.39, 0.29) is 5.91 Å². The smallest absolute Gasteiger partial charge is 0.260 e. The van der Waals surface area contributed by atoms with Crippen molar-refractivity contribution in [1.82, 2.24) is 4.98 Å². The summed E-state index contributed by atoms with van der Waals surface area (Å²) in [5.74, 6) is 1.40. The van der Waals surface area contributed by atoms with Gasteiger partial charge in [-0.2, -0.15) is 0 Å². The molecule has 0 aliphatic heterocycles. The Bertz CT molecular complexity index is 1340. The van der Waals surface area contributed by atoms with Crippen LogP contribution >= 0.6 is 15.9 Å². The third-order valence-corrected chi connectivity index (χ3v) is 6.12. The summed E-state index contributed by atoms with van der Waals surface area (Å²) < 4.78 is 17.5. The Balaban J connectivity index is 1.91. The number of nitrogens with one attached hydrogen (secondary N) is 1. The first-order valence-corrected chi connectivity index (χ1v) is 11.0. The lowest BCUT2D eigenvalue weighted by atomic mass is 9.96. The fourth-order valence-corrected chi connectivity index (χ4v) is 4.46. The van der Waals surface area contributed by atoms with Crippen molar-refractivity contribution in [2.45, 2.75) is 6.92 Å². The Morgan fingerprint density at radius 3 is 2.39 bits per heavy atom. The van der Waals surface area contributed by atoms with Crippen LogP contribution in [0, 0.1) is 6.92 Å². The number of halogens is 1. The second-order valence-corrected chi connectivity index (χ2v) is 8.21. The lowest BCUT2D eigenvalue weighted by Gasteiger charge is -2.19. The van der Waals surface area contributed by atoms with Crippen LogP contribution in [0.1, 0.15) is 15.9 Å². The Labute approximate surface area is 200 Å². The molecule has 1 N–H and O–H groups in total. The van der Waals surface area contributed by atoms with E-state index in [1.54, 1.807) is 33.7 Å². The molecule has 1 aromatic heterocycles. The second-order valence-electron chi connectivity index (χ2n) is 7.36. The van der Waals surface area contributed by atoms with E-state index in [2.05, 4.69) is 26.2 Å². The molecule has 0 radical (unpaired) electrons. The molecule has 0 aliphatic rings. The van der Waals surface area contributed by atoms with Crippen molar-refractivity contribution in [1.29, 1.82) is 0 Å². The van der Waals surface area contributed by atoms with E-state index in [1.165, 1.54) is 0 Å². The minimum Gasteiger partial charge on any atom is -0.496 e. The molecule has 0 aliphatic carbocycles. The number of carbonyl (C=O) groups is 1. The van der Waals surface area contributed by atoms with Crippen LogP contribution in [0.15, 0.2) is 65.4 Å². The Morgan fingerprint density at radius 1 is 0.939 bits per heavy atom. The number of methoxy groups -OCH3 is 3. The second kappa shape index (κ2) is 9.50. The lowest BCUT2D eigenvalue weighted by Crippen LogP contribution is -2.15. The summed E-state index contributed by atoms with van der Waals surface area (Å²) in [6.45, 7) is 1.90. The monoisotopic (exact) mass is 506 g/mol. The Kier molecular flexibility index (Phi) is 6.51. The third-order valence-electron chi connectivity index (χ3n) is 5.46. The zero-order valence-electron chi connectivity index (χ0n) is 18.7. The molecule has 3 aromatic carbocycles. The van der Waals surface area contributed by atoms with Crippen LogP contribution in [0.25, 0.3) is 21.9 Å². The molecule has 0 spiro atoms. The van der Waals surface area contributed by atoms with Crippen LogP contribution in [0.2, 0.25) is 0 Å². The number of hydrogen-bond donors (Lipinski definition) is 1. The number of nitrogens with zero attached hydrogens (tertiary/aromatic N) is 1. The highest BCUT2D eigenvalue weighted by Crippen LogP contribution is 2.45. The first kappa shape index (κ1) is 22.6. The maximum absolute atomic E-state index is 13.4. The van der Waals surface area contributed by atoms with Crippen LogP contribution in [0.5, 0.6) is 17.2 Å². The van der Waals surface area contributed by atoms with Crippen molar-refractivity contribution in [3.8, 4) is 28.4 Å². The SMILES string of the molecule is COc1cc2c(NC(=O)c3c(Br)ccc(C)c3OC)cccc2c(-c2cccnc2)c1OC. The maximum atomic E-state index is 13.4. The number of rotatable bonds is 6. The molecule has 0 unspecified atom stereocenters. The van der Waals surface area contributed by atoms with E-state index in [0.29, 0.717) is 33.0 Å². The number of ether oxygens (including phenoxy) is 3. The number of pyridine rings is 1. The fourth-order valence-electron chi connectivity index (χ4n) is 3.96. The van der Waals surface area contributed by atoms with Crippen LogP contribution in [-0.4, -0.2) is 32.2 Å². The molecule has 0 fully saturated rings. The minimum absolute atomic E-state index is 0.285. The molecule has 1 amide bonds. The van der Waals surface area contributed by atoms with Gasteiger partial charge in [0.05, 0.1) is 26.9 Å². The summed E-state index contributed by atoms with van der Waals surface area (Å²) in [5.41, 5.74) is 3.66. The standard InChI is InChI=1S/C26H23BrN2O4/c1-15-10-11-19(27)23(24(15)32-3)26(30)29-20-9-5-8-17-18(20)13-21(31-2)25(33-4)22(17)16-7-6-12-28-14-16/h5-14H,1-4H3,(H,29,30). The van der Waals surface area contributed by atoms with Crippen LogP contribution in [0.3, 0.4) is 0 Å². The minimum atomic E-state index is -0.285. The molecule has 0 saturated carbocycles. The van der Waals surface area contributed by atoms with E-state index < -0.39 is 0 Å². The predicted octanol–water partition coefficient (Wildman–Crippen LogP) is 6.25. The molecule has 168 valence electrons. The van der Waals surface area contributed by atoms with E-state index in [9.17, 15) is 4.79 Å². The average Bonchev–Trinajstić information content (AvgIpc) is 2.84. The number of carbonyl (C=O) groups excluding carboxylic acids is 1. The first-order valence-electron chi connectivity index (χ1n) is 10.2.